The molecule has 0 aromatic carbocycles. The number of hydrogen-bond donors (Lipinski definition) is 2. The van der Waals surface area contributed by atoms with E-state index in [9.17, 15) is 14.7 Å². The van der Waals surface area contributed by atoms with E-state index in [4.69, 9.17) is 23.7 Å². The van der Waals surface area contributed by atoms with Gasteiger partial charge < -0.3 is 33.8 Å². The molecule has 4 aliphatic rings. The fourth-order valence-corrected chi connectivity index (χ4v) is 6.93. The molecule has 1 saturated heterocycles. The molecule has 2 aliphatic heterocycles. The fourth-order valence-electron chi connectivity index (χ4n) is 6.93. The Balaban J connectivity index is 1.61. The third-order valence-corrected chi connectivity index (χ3v) is 8.35. The highest BCUT2D eigenvalue weighted by Gasteiger charge is 2.70. The van der Waals surface area contributed by atoms with Crippen molar-refractivity contribution in [1.29, 1.82) is 0 Å². The zero-order chi connectivity index (χ0) is 25.6. The van der Waals surface area contributed by atoms with Crippen LogP contribution in [0.1, 0.15) is 24.3 Å². The van der Waals surface area contributed by atoms with Gasteiger partial charge in [0.15, 0.2) is 0 Å². The van der Waals surface area contributed by atoms with Crippen LogP contribution in [0.2, 0.25) is 0 Å². The van der Waals surface area contributed by atoms with Crippen molar-refractivity contribution in [2.45, 2.75) is 37.8 Å². The predicted octanol–water partition coefficient (Wildman–Crippen LogP) is 2.13. The molecule has 9 nitrogen and oxygen atoms in total. The summed E-state index contributed by atoms with van der Waals surface area (Å²) in [7, 11) is 3.12. The number of ether oxygens (including phenoxy) is 5. The molecule has 9 heteroatoms. The van der Waals surface area contributed by atoms with Gasteiger partial charge in [0, 0.05) is 50.0 Å². The minimum atomic E-state index is -0.982. The maximum Gasteiger partial charge on any atom is 0.355 e. The summed E-state index contributed by atoms with van der Waals surface area (Å²) in [5.41, 5.74) is 0.280. The Morgan fingerprint density at radius 3 is 2.72 bits per heavy atom. The molecule has 2 N–H and O–H groups in total. The number of aromatic amines is 1. The lowest BCUT2D eigenvalue weighted by atomic mass is 9.56. The molecular formula is C27H35NO8. The average Bonchev–Trinajstić information content (AvgIpc) is 3.45. The molecule has 1 spiro atoms. The van der Waals surface area contributed by atoms with E-state index in [1.165, 1.54) is 0 Å². The maximum absolute atomic E-state index is 13.2. The second-order valence-electron chi connectivity index (χ2n) is 10.5. The van der Waals surface area contributed by atoms with E-state index in [-0.39, 0.29) is 43.5 Å². The average molecular weight is 502 g/mol. The Labute approximate surface area is 210 Å². The number of aromatic nitrogens is 1. The minimum absolute atomic E-state index is 0.0351. The lowest BCUT2D eigenvalue weighted by molar-refractivity contribution is -0.159. The maximum atomic E-state index is 13.2. The van der Waals surface area contributed by atoms with Crippen molar-refractivity contribution in [2.24, 2.45) is 35.5 Å². The third kappa shape index (κ3) is 3.84. The molecule has 5 rings (SSSR count). The van der Waals surface area contributed by atoms with E-state index in [0.717, 1.165) is 5.57 Å². The molecule has 2 aliphatic carbocycles. The number of carbonyl (C=O) groups excluding carboxylic acids is 2. The summed E-state index contributed by atoms with van der Waals surface area (Å²) in [6.07, 6.45) is 5.58. The van der Waals surface area contributed by atoms with Gasteiger partial charge in [-0.05, 0) is 24.6 Å². The second kappa shape index (κ2) is 9.78. The lowest BCUT2D eigenvalue weighted by Gasteiger charge is -2.49. The number of rotatable bonds is 6. The molecule has 0 radical (unpaired) electrons. The van der Waals surface area contributed by atoms with Gasteiger partial charge in [-0.1, -0.05) is 25.2 Å². The van der Waals surface area contributed by atoms with Gasteiger partial charge in [-0.25, -0.2) is 4.79 Å². The van der Waals surface area contributed by atoms with Crippen LogP contribution in [-0.4, -0.2) is 80.0 Å². The molecule has 10 unspecified atom stereocenters. The summed E-state index contributed by atoms with van der Waals surface area (Å²) in [6.45, 7) is 4.59. The number of H-pyrrole nitrogens is 1. The Bertz CT molecular complexity index is 1030. The van der Waals surface area contributed by atoms with Crippen LogP contribution < -0.4 is 0 Å². The van der Waals surface area contributed by atoms with E-state index >= 15 is 0 Å². The monoisotopic (exact) mass is 501 g/mol. The van der Waals surface area contributed by atoms with Crippen LogP contribution in [0.15, 0.2) is 42.1 Å². The first-order chi connectivity index (χ1) is 17.3. The van der Waals surface area contributed by atoms with Crippen LogP contribution in [0.4, 0.5) is 0 Å². The fraction of sp³-hybridized carbons (Fsp3) is 0.630. The van der Waals surface area contributed by atoms with E-state index in [2.05, 4.69) is 11.1 Å². The zero-order valence-corrected chi connectivity index (χ0v) is 21.1. The van der Waals surface area contributed by atoms with E-state index in [1.54, 1.807) is 32.5 Å². The van der Waals surface area contributed by atoms with Crippen LogP contribution in [0.5, 0.6) is 0 Å². The number of esters is 2. The van der Waals surface area contributed by atoms with Gasteiger partial charge in [-0.15, -0.1) is 0 Å². The first kappa shape index (κ1) is 25.2. The van der Waals surface area contributed by atoms with Gasteiger partial charge in [0.2, 0.25) is 0 Å². The van der Waals surface area contributed by atoms with Crippen molar-refractivity contribution in [1.82, 2.24) is 4.98 Å². The van der Waals surface area contributed by atoms with E-state index in [0.29, 0.717) is 5.69 Å². The number of aliphatic hydroxyl groups excluding tert-OH is 1. The molecule has 3 heterocycles. The summed E-state index contributed by atoms with van der Waals surface area (Å²) in [5, 5.41) is 11.9. The van der Waals surface area contributed by atoms with Gasteiger partial charge in [-0.2, -0.15) is 0 Å². The summed E-state index contributed by atoms with van der Waals surface area (Å²) in [6, 6.07) is 3.37. The molecule has 10 atom stereocenters. The number of aliphatic hydroxyl groups is 1. The molecule has 0 amide bonds. The van der Waals surface area contributed by atoms with Crippen molar-refractivity contribution in [3.05, 3.63) is 47.8 Å². The third-order valence-electron chi connectivity index (χ3n) is 8.35. The summed E-state index contributed by atoms with van der Waals surface area (Å²) in [5.74, 6) is -3.00. The highest BCUT2D eigenvalue weighted by atomic mass is 16.6. The Morgan fingerprint density at radius 2 is 2.03 bits per heavy atom. The lowest BCUT2D eigenvalue weighted by Crippen LogP contribution is -2.59. The molecule has 1 aromatic rings. The quantitative estimate of drug-likeness (QED) is 0.450. The Hall–Kier alpha value is -2.46. The smallest absolute Gasteiger partial charge is 0.355 e. The van der Waals surface area contributed by atoms with Gasteiger partial charge >= 0.3 is 11.9 Å². The molecule has 36 heavy (non-hydrogen) atoms. The van der Waals surface area contributed by atoms with Crippen LogP contribution in [0, 0.1) is 35.5 Å². The normalized spacial score (nSPS) is 41.4. The first-order valence-corrected chi connectivity index (χ1v) is 12.6. The van der Waals surface area contributed by atoms with Crippen molar-refractivity contribution in [2.75, 3.05) is 34.0 Å². The SMILES string of the molecule is COCC1C(=O)OCC(C)C=C(C)C23OC4C(C=CC12)C3C(O)C(COC)C4OC(=O)c1ccc[nH]1. The van der Waals surface area contributed by atoms with Crippen molar-refractivity contribution in [3.63, 3.8) is 0 Å². The van der Waals surface area contributed by atoms with Crippen LogP contribution in [-0.2, 0) is 28.5 Å². The molecular weight excluding hydrogens is 466 g/mol. The van der Waals surface area contributed by atoms with Crippen LogP contribution in [0.3, 0.4) is 0 Å². The highest BCUT2D eigenvalue weighted by Crippen LogP contribution is 2.61. The largest absolute Gasteiger partial charge is 0.465 e. The minimum Gasteiger partial charge on any atom is -0.465 e. The van der Waals surface area contributed by atoms with Crippen LogP contribution in [0.25, 0.3) is 0 Å². The molecule has 2 fully saturated rings. The van der Waals surface area contributed by atoms with Gasteiger partial charge in [0.25, 0.3) is 0 Å². The molecule has 4 bridgehead atoms. The molecule has 196 valence electrons. The zero-order valence-electron chi connectivity index (χ0n) is 21.1. The number of nitrogens with one attached hydrogen (secondary N) is 1. The topological polar surface area (TPSA) is 116 Å². The van der Waals surface area contributed by atoms with Crippen molar-refractivity contribution >= 4 is 11.9 Å². The number of methoxy groups -OCH3 is 2. The van der Waals surface area contributed by atoms with Gasteiger partial charge in [0.1, 0.15) is 23.5 Å². The Morgan fingerprint density at radius 1 is 1.25 bits per heavy atom. The van der Waals surface area contributed by atoms with E-state index in [1.807, 2.05) is 26.0 Å². The van der Waals surface area contributed by atoms with Gasteiger partial charge in [-0.3, -0.25) is 4.79 Å². The predicted molar refractivity (Wildman–Crippen MR) is 128 cm³/mol. The van der Waals surface area contributed by atoms with Crippen molar-refractivity contribution in [3.8, 4) is 0 Å². The number of carbonyl (C=O) groups is 2. The molecule has 1 saturated carbocycles. The van der Waals surface area contributed by atoms with E-state index < -0.39 is 47.6 Å². The molecule has 1 aromatic heterocycles. The summed E-state index contributed by atoms with van der Waals surface area (Å²) in [4.78, 5) is 29.1. The van der Waals surface area contributed by atoms with Gasteiger partial charge in [0.05, 0.1) is 31.8 Å². The summed E-state index contributed by atoms with van der Waals surface area (Å²) >= 11 is 0. The van der Waals surface area contributed by atoms with Crippen molar-refractivity contribution < 1.29 is 38.4 Å². The second-order valence-corrected chi connectivity index (χ2v) is 10.5. The Kier molecular flexibility index (Phi) is 6.84. The number of cyclic esters (lactones) is 1. The summed E-state index contributed by atoms with van der Waals surface area (Å²) < 4.78 is 29.5. The number of hydrogen-bond acceptors (Lipinski definition) is 8. The highest BCUT2D eigenvalue weighted by molar-refractivity contribution is 5.87. The van der Waals surface area contributed by atoms with Crippen LogP contribution >= 0.6 is 0 Å². The standard InChI is InChI=1S/C27H35NO8/c1-14-10-15(2)27-19(17(12-32-3)25(30)34-11-14)8-7-16-21(27)22(29)18(13-33-4)23(24(16)36-27)35-26(31)20-6-5-9-28-20/h5-10,14,16-19,21-24,28-29H,11-13H2,1-4H3. The first-order valence-electron chi connectivity index (χ1n) is 12.6.